The van der Waals surface area contributed by atoms with E-state index in [1.807, 2.05) is 0 Å². The Morgan fingerprint density at radius 1 is 1.33 bits per heavy atom. The van der Waals surface area contributed by atoms with Gasteiger partial charge in [-0.1, -0.05) is 22.6 Å². The Bertz CT molecular complexity index is 110. The first kappa shape index (κ1) is 9.88. The van der Waals surface area contributed by atoms with Crippen molar-refractivity contribution < 1.29 is 14.4 Å². The zero-order valence-corrected chi connectivity index (χ0v) is 8.01. The Balaban J connectivity index is 3.18. The molecule has 0 aliphatic heterocycles. The van der Waals surface area contributed by atoms with Crippen molar-refractivity contribution in [2.45, 2.75) is 12.8 Å². The van der Waals surface area contributed by atoms with Gasteiger partial charge in [0, 0.05) is 6.16 Å². The summed E-state index contributed by atoms with van der Waals surface area (Å²) >= 11 is 2.19. The molecule has 0 amide bonds. The van der Waals surface area contributed by atoms with Crippen LogP contribution in [0.3, 0.4) is 0 Å². The van der Waals surface area contributed by atoms with Gasteiger partial charge in [0.15, 0.2) is 0 Å². The summed E-state index contributed by atoms with van der Waals surface area (Å²) in [6, 6.07) is 0. The van der Waals surface area contributed by atoms with Crippen molar-refractivity contribution in [3.05, 3.63) is 0 Å². The van der Waals surface area contributed by atoms with E-state index in [1.54, 1.807) is 0 Å². The van der Waals surface area contributed by atoms with Crippen LogP contribution in [0.25, 0.3) is 0 Å². The van der Waals surface area contributed by atoms with Gasteiger partial charge in [0.1, 0.15) is 0 Å². The molecule has 0 fully saturated rings. The third kappa shape index (κ3) is 8.88. The first-order chi connectivity index (χ1) is 4.06. The van der Waals surface area contributed by atoms with Crippen LogP contribution in [0.4, 0.5) is 0 Å². The van der Waals surface area contributed by atoms with Gasteiger partial charge in [-0.25, -0.2) is 0 Å². The number of unbranched alkanes of at least 4 members (excludes halogenated alkanes) is 1. The lowest BCUT2D eigenvalue weighted by molar-refractivity contribution is 0.371. The molecule has 0 aliphatic rings. The van der Waals surface area contributed by atoms with Crippen molar-refractivity contribution in [3.63, 3.8) is 0 Å². The van der Waals surface area contributed by atoms with E-state index in [0.29, 0.717) is 6.42 Å². The first-order valence-corrected chi connectivity index (χ1v) is 5.99. The molecular formula is C4H10IO3P. The van der Waals surface area contributed by atoms with E-state index in [9.17, 15) is 4.57 Å². The summed E-state index contributed by atoms with van der Waals surface area (Å²) < 4.78 is 11.2. The summed E-state index contributed by atoms with van der Waals surface area (Å²) in [5, 5.41) is 0. The lowest BCUT2D eigenvalue weighted by atomic mass is 10.4. The van der Waals surface area contributed by atoms with Gasteiger partial charge in [-0.2, -0.15) is 0 Å². The van der Waals surface area contributed by atoms with Gasteiger partial charge in [0.25, 0.3) is 0 Å². The molecule has 0 saturated heterocycles. The second kappa shape index (κ2) is 4.66. The van der Waals surface area contributed by atoms with Gasteiger partial charge < -0.3 is 9.79 Å². The molecule has 0 atom stereocenters. The van der Waals surface area contributed by atoms with Gasteiger partial charge in [0.2, 0.25) is 0 Å². The number of hydrogen-bond donors (Lipinski definition) is 2. The van der Waals surface area contributed by atoms with Crippen LogP contribution in [0, 0.1) is 0 Å². The third-order valence-electron chi connectivity index (χ3n) is 0.833. The van der Waals surface area contributed by atoms with Gasteiger partial charge in [0.05, 0.1) is 0 Å². The fourth-order valence-electron chi connectivity index (χ4n) is 0.412. The Morgan fingerprint density at radius 3 is 2.22 bits per heavy atom. The Hall–Kier alpha value is 0.880. The number of alkyl halides is 1. The molecule has 9 heavy (non-hydrogen) atoms. The maximum absolute atomic E-state index is 10.2. The zero-order valence-electron chi connectivity index (χ0n) is 4.96. The van der Waals surface area contributed by atoms with Crippen LogP contribution in [0.5, 0.6) is 0 Å². The molecule has 0 aliphatic carbocycles. The van der Waals surface area contributed by atoms with Crippen LogP contribution < -0.4 is 0 Å². The molecule has 0 bridgehead atoms. The molecule has 0 rings (SSSR count). The molecule has 0 aromatic heterocycles. The molecule has 0 spiro atoms. The minimum atomic E-state index is -3.70. The molecule has 0 radical (unpaired) electrons. The number of halogens is 1. The van der Waals surface area contributed by atoms with Crippen molar-refractivity contribution in [2.24, 2.45) is 0 Å². The SMILES string of the molecule is O=P(O)(O)CCCCI. The smallest absolute Gasteiger partial charge is 0.324 e. The third-order valence-corrected chi connectivity index (χ3v) is 2.49. The van der Waals surface area contributed by atoms with Gasteiger partial charge in [-0.3, -0.25) is 4.57 Å². The summed E-state index contributed by atoms with van der Waals surface area (Å²) in [6.45, 7) is 0. The quantitative estimate of drug-likeness (QED) is 0.349. The van der Waals surface area contributed by atoms with Crippen LogP contribution in [0.1, 0.15) is 12.8 Å². The Morgan fingerprint density at radius 2 is 1.89 bits per heavy atom. The molecule has 5 heteroatoms. The largest absolute Gasteiger partial charge is 0.325 e. The topological polar surface area (TPSA) is 57.5 Å². The van der Waals surface area contributed by atoms with Crippen LogP contribution in [0.2, 0.25) is 0 Å². The minimum absolute atomic E-state index is 0.0377. The molecule has 0 heterocycles. The van der Waals surface area contributed by atoms with Gasteiger partial charge in [-0.05, 0) is 17.3 Å². The lowest BCUT2D eigenvalue weighted by Gasteiger charge is -2.00. The molecule has 0 unspecified atom stereocenters. The van der Waals surface area contributed by atoms with Gasteiger partial charge in [-0.15, -0.1) is 0 Å². The first-order valence-electron chi connectivity index (χ1n) is 2.67. The molecular weight excluding hydrogens is 254 g/mol. The predicted molar refractivity (Wildman–Crippen MR) is 45.0 cm³/mol. The minimum Gasteiger partial charge on any atom is -0.324 e. The van der Waals surface area contributed by atoms with E-state index in [1.165, 1.54) is 0 Å². The van der Waals surface area contributed by atoms with E-state index < -0.39 is 7.60 Å². The van der Waals surface area contributed by atoms with Crippen molar-refractivity contribution in [2.75, 3.05) is 10.6 Å². The molecule has 56 valence electrons. The maximum Gasteiger partial charge on any atom is 0.325 e. The fraction of sp³-hybridized carbons (Fsp3) is 1.00. The van der Waals surface area contributed by atoms with Crippen LogP contribution >= 0.6 is 30.2 Å². The van der Waals surface area contributed by atoms with Crippen LogP contribution in [-0.2, 0) is 4.57 Å². The lowest BCUT2D eigenvalue weighted by Crippen LogP contribution is -1.87. The van der Waals surface area contributed by atoms with Crippen molar-refractivity contribution in [1.82, 2.24) is 0 Å². The summed E-state index contributed by atoms with van der Waals surface area (Å²) in [4.78, 5) is 16.7. The monoisotopic (exact) mass is 264 g/mol. The predicted octanol–water partition coefficient (Wildman–Crippen LogP) is 1.38. The summed E-state index contributed by atoms with van der Waals surface area (Å²) in [6.07, 6.45) is 1.56. The summed E-state index contributed by atoms with van der Waals surface area (Å²) in [5.41, 5.74) is 0. The fourth-order valence-corrected chi connectivity index (χ4v) is 1.59. The van der Waals surface area contributed by atoms with Crippen molar-refractivity contribution >= 4 is 30.2 Å². The van der Waals surface area contributed by atoms with E-state index >= 15 is 0 Å². The number of hydrogen-bond acceptors (Lipinski definition) is 1. The van der Waals surface area contributed by atoms with E-state index in [0.717, 1.165) is 10.8 Å². The second-order valence-electron chi connectivity index (χ2n) is 1.78. The summed E-state index contributed by atoms with van der Waals surface area (Å²) in [7, 11) is -3.70. The zero-order chi connectivity index (χ0) is 7.33. The highest BCUT2D eigenvalue weighted by Crippen LogP contribution is 2.35. The highest BCUT2D eigenvalue weighted by atomic mass is 127. The molecule has 3 nitrogen and oxygen atoms in total. The van der Waals surface area contributed by atoms with Crippen LogP contribution in [-0.4, -0.2) is 20.4 Å². The maximum atomic E-state index is 10.2. The Labute approximate surface area is 68.1 Å². The van der Waals surface area contributed by atoms with E-state index in [2.05, 4.69) is 22.6 Å². The Kier molecular flexibility index (Phi) is 5.11. The molecule has 0 saturated carbocycles. The van der Waals surface area contributed by atoms with Crippen LogP contribution in [0.15, 0.2) is 0 Å². The van der Waals surface area contributed by atoms with Crippen molar-refractivity contribution in [1.29, 1.82) is 0 Å². The van der Waals surface area contributed by atoms with E-state index in [4.69, 9.17) is 9.79 Å². The summed E-state index contributed by atoms with van der Waals surface area (Å²) in [5.74, 6) is 0. The van der Waals surface area contributed by atoms with Crippen molar-refractivity contribution in [3.8, 4) is 0 Å². The average molecular weight is 264 g/mol. The molecule has 0 aromatic carbocycles. The van der Waals surface area contributed by atoms with Gasteiger partial charge >= 0.3 is 7.60 Å². The molecule has 0 aromatic rings. The highest BCUT2D eigenvalue weighted by Gasteiger charge is 2.10. The van der Waals surface area contributed by atoms with E-state index in [-0.39, 0.29) is 6.16 Å². The molecule has 2 N–H and O–H groups in total. The second-order valence-corrected chi connectivity index (χ2v) is 4.64. The standard InChI is InChI=1S/C4H10IO3P/c5-3-1-2-4-9(6,7)8/h1-4H2,(H2,6,7,8). The highest BCUT2D eigenvalue weighted by molar-refractivity contribution is 14.1. The number of rotatable bonds is 4. The normalized spacial score (nSPS) is 11.9. The average Bonchev–Trinajstić information content (AvgIpc) is 1.63.